The summed E-state index contributed by atoms with van der Waals surface area (Å²) in [4.78, 5) is 0. The number of aryl methyl sites for hydroxylation is 2. The van der Waals surface area contributed by atoms with E-state index in [0.29, 0.717) is 5.92 Å². The van der Waals surface area contributed by atoms with Gasteiger partial charge in [0.2, 0.25) is 5.69 Å². The minimum Gasteiger partial charge on any atom is -0.454 e. The lowest BCUT2D eigenvalue weighted by Crippen LogP contribution is -2.30. The number of hydrogen-bond donors (Lipinski definition) is 0. The minimum absolute atomic E-state index is 0.276. The van der Waals surface area contributed by atoms with Crippen molar-refractivity contribution in [3.8, 4) is 22.4 Å². The molecule has 3 aromatic carbocycles. The molecule has 2 aromatic heterocycles. The highest BCUT2D eigenvalue weighted by molar-refractivity contribution is 6.13. The first-order valence-electron chi connectivity index (χ1n) is 13.0. The van der Waals surface area contributed by atoms with Gasteiger partial charge in [0.25, 0.3) is 0 Å². The average molecular weight is 459 g/mol. The smallest absolute Gasteiger partial charge is 0.216 e. The molecule has 1 saturated carbocycles. The molecule has 0 aliphatic heterocycles. The van der Waals surface area contributed by atoms with Gasteiger partial charge in [0.1, 0.15) is 18.2 Å². The molecule has 5 aromatic rings. The van der Waals surface area contributed by atoms with Gasteiger partial charge in [-0.15, -0.1) is 0 Å². The molecular weight excluding hydrogens is 426 g/mol. The molecule has 0 spiro atoms. The summed E-state index contributed by atoms with van der Waals surface area (Å²) in [5.74, 6) is 1.49. The van der Waals surface area contributed by atoms with Crippen LogP contribution in [0.1, 0.15) is 55.7 Å². The second-order valence-corrected chi connectivity index (χ2v) is 11.3. The van der Waals surface area contributed by atoms with Crippen molar-refractivity contribution in [2.75, 3.05) is 0 Å². The van der Waals surface area contributed by atoms with Crippen molar-refractivity contribution in [3.63, 3.8) is 0 Å². The van der Waals surface area contributed by atoms with Gasteiger partial charge in [-0.25, -0.2) is 4.57 Å². The fourth-order valence-electron chi connectivity index (χ4n) is 7.31. The standard InChI is InChI=1S/C33H32NO/c1-20-14-16-25-24-11-7-9-22(31(24)35-32(25)30(20)29-13-5-6-18-34(29)4)21-15-17-28-26(19-21)23-10-8-12-27(23)33(28,2)3/h5-7,9,11,13-19,23,27H,8,10,12H2,1-4H3/q+1. The van der Waals surface area contributed by atoms with E-state index in [0.717, 1.165) is 17.1 Å². The first-order chi connectivity index (χ1) is 16.9. The zero-order valence-electron chi connectivity index (χ0n) is 21.1. The van der Waals surface area contributed by atoms with Gasteiger partial charge in [0, 0.05) is 28.5 Å². The maximum absolute atomic E-state index is 6.79. The SMILES string of the molecule is Cc1ccc2c(oc3c(-c4ccc5c(c4)C4CCCC4C5(C)C)cccc32)c1-c1cccc[n+]1C. The van der Waals surface area contributed by atoms with Crippen molar-refractivity contribution in [1.29, 1.82) is 0 Å². The van der Waals surface area contributed by atoms with Crippen LogP contribution in [-0.4, -0.2) is 0 Å². The zero-order chi connectivity index (χ0) is 23.9. The topological polar surface area (TPSA) is 17.0 Å². The Morgan fingerprint density at radius 3 is 2.60 bits per heavy atom. The number of para-hydroxylation sites is 1. The minimum atomic E-state index is 0.276. The Balaban J connectivity index is 1.46. The summed E-state index contributed by atoms with van der Waals surface area (Å²) in [6, 6.07) is 24.6. The monoisotopic (exact) mass is 458 g/mol. The molecule has 2 unspecified atom stereocenters. The predicted octanol–water partition coefficient (Wildman–Crippen LogP) is 8.23. The van der Waals surface area contributed by atoms with Gasteiger partial charge < -0.3 is 4.42 Å². The molecule has 7 rings (SSSR count). The van der Waals surface area contributed by atoms with Crippen LogP contribution >= 0.6 is 0 Å². The lowest BCUT2D eigenvalue weighted by atomic mass is 9.77. The van der Waals surface area contributed by atoms with E-state index >= 15 is 0 Å². The lowest BCUT2D eigenvalue weighted by molar-refractivity contribution is -0.660. The van der Waals surface area contributed by atoms with E-state index in [9.17, 15) is 0 Å². The van der Waals surface area contributed by atoms with Gasteiger partial charge in [-0.2, -0.15) is 0 Å². The molecule has 2 heterocycles. The molecule has 0 radical (unpaired) electrons. The Bertz CT molecular complexity index is 1640. The van der Waals surface area contributed by atoms with Gasteiger partial charge in [-0.3, -0.25) is 0 Å². The normalized spacial score (nSPS) is 20.5. The Morgan fingerprint density at radius 1 is 0.886 bits per heavy atom. The van der Waals surface area contributed by atoms with Crippen LogP contribution in [0, 0.1) is 12.8 Å². The Morgan fingerprint density at radius 2 is 1.74 bits per heavy atom. The van der Waals surface area contributed by atoms with E-state index in [4.69, 9.17) is 4.42 Å². The molecule has 2 aliphatic carbocycles. The Labute approximate surface area is 207 Å². The van der Waals surface area contributed by atoms with Crippen molar-refractivity contribution in [3.05, 3.63) is 89.6 Å². The fourth-order valence-corrected chi connectivity index (χ4v) is 7.31. The molecule has 0 N–H and O–H groups in total. The molecule has 174 valence electrons. The highest BCUT2D eigenvalue weighted by atomic mass is 16.3. The quantitative estimate of drug-likeness (QED) is 0.244. The van der Waals surface area contributed by atoms with E-state index in [1.54, 1.807) is 11.1 Å². The molecule has 0 saturated heterocycles. The Kier molecular flexibility index (Phi) is 4.37. The summed E-state index contributed by atoms with van der Waals surface area (Å²) in [5, 5.41) is 2.38. The molecule has 2 aliphatic rings. The van der Waals surface area contributed by atoms with Crippen molar-refractivity contribution >= 4 is 21.9 Å². The van der Waals surface area contributed by atoms with Gasteiger partial charge >= 0.3 is 0 Å². The van der Waals surface area contributed by atoms with Crippen LogP contribution < -0.4 is 4.57 Å². The van der Waals surface area contributed by atoms with Crippen LogP contribution in [0.25, 0.3) is 44.3 Å². The molecule has 2 nitrogen and oxygen atoms in total. The van der Waals surface area contributed by atoms with Crippen molar-refractivity contribution < 1.29 is 8.98 Å². The average Bonchev–Trinajstić information content (AvgIpc) is 3.54. The highest BCUT2D eigenvalue weighted by Crippen LogP contribution is 2.58. The van der Waals surface area contributed by atoms with Crippen molar-refractivity contribution in [1.82, 2.24) is 0 Å². The largest absolute Gasteiger partial charge is 0.454 e. The third-order valence-corrected chi connectivity index (χ3v) is 9.09. The third kappa shape index (κ3) is 2.86. The molecule has 2 atom stereocenters. The molecule has 1 fully saturated rings. The number of fused-ring (bicyclic) bond motifs is 6. The number of benzene rings is 3. The van der Waals surface area contributed by atoms with Crippen LogP contribution in [0.15, 0.2) is 77.3 Å². The van der Waals surface area contributed by atoms with Crippen LogP contribution in [0.3, 0.4) is 0 Å². The van der Waals surface area contributed by atoms with Crippen LogP contribution in [0.4, 0.5) is 0 Å². The van der Waals surface area contributed by atoms with Crippen LogP contribution in [-0.2, 0) is 12.5 Å². The van der Waals surface area contributed by atoms with Gasteiger partial charge in [-0.1, -0.05) is 68.8 Å². The summed E-state index contributed by atoms with van der Waals surface area (Å²) < 4.78 is 8.97. The lowest BCUT2D eigenvalue weighted by Gasteiger charge is -2.27. The predicted molar refractivity (Wildman–Crippen MR) is 144 cm³/mol. The van der Waals surface area contributed by atoms with E-state index in [1.165, 1.54) is 58.0 Å². The summed E-state index contributed by atoms with van der Waals surface area (Å²) in [5.41, 5.74) is 11.4. The highest BCUT2D eigenvalue weighted by Gasteiger charge is 2.48. The summed E-state index contributed by atoms with van der Waals surface area (Å²) in [7, 11) is 2.10. The van der Waals surface area contributed by atoms with Crippen molar-refractivity contribution in [2.45, 2.75) is 51.4 Å². The summed E-state index contributed by atoms with van der Waals surface area (Å²) >= 11 is 0. The summed E-state index contributed by atoms with van der Waals surface area (Å²) in [6.45, 7) is 7.08. The molecule has 0 amide bonds. The number of hydrogen-bond acceptors (Lipinski definition) is 1. The molecule has 0 bridgehead atoms. The van der Waals surface area contributed by atoms with E-state index < -0.39 is 0 Å². The van der Waals surface area contributed by atoms with E-state index in [-0.39, 0.29) is 5.41 Å². The second-order valence-electron chi connectivity index (χ2n) is 11.3. The number of aromatic nitrogens is 1. The van der Waals surface area contributed by atoms with Gasteiger partial charge in [0.15, 0.2) is 6.20 Å². The summed E-state index contributed by atoms with van der Waals surface area (Å²) in [6.07, 6.45) is 6.15. The number of pyridine rings is 1. The zero-order valence-corrected chi connectivity index (χ0v) is 21.1. The second kappa shape index (κ2) is 7.31. The molecular formula is C33H32NO+. The van der Waals surface area contributed by atoms with Crippen molar-refractivity contribution in [2.24, 2.45) is 13.0 Å². The maximum atomic E-state index is 6.79. The van der Waals surface area contributed by atoms with Crippen LogP contribution in [0.2, 0.25) is 0 Å². The van der Waals surface area contributed by atoms with Crippen LogP contribution in [0.5, 0.6) is 0 Å². The molecule has 35 heavy (non-hydrogen) atoms. The number of rotatable bonds is 2. The third-order valence-electron chi connectivity index (χ3n) is 9.09. The fraction of sp³-hybridized carbons (Fsp3) is 0.303. The maximum Gasteiger partial charge on any atom is 0.216 e. The molecule has 2 heteroatoms. The van der Waals surface area contributed by atoms with E-state index in [1.807, 2.05) is 0 Å². The van der Waals surface area contributed by atoms with Gasteiger partial charge in [-0.05, 0) is 65.3 Å². The first-order valence-corrected chi connectivity index (χ1v) is 13.0. The van der Waals surface area contributed by atoms with Gasteiger partial charge in [0.05, 0.1) is 5.56 Å². The first kappa shape index (κ1) is 20.9. The number of furan rings is 1. The van der Waals surface area contributed by atoms with E-state index in [2.05, 4.69) is 105 Å². The Hall–Kier alpha value is -3.39. The number of nitrogens with zero attached hydrogens (tertiary/aromatic N) is 1.